The van der Waals surface area contributed by atoms with Crippen LogP contribution in [0.5, 0.6) is 5.88 Å². The number of ether oxygens (including phenoxy) is 1. The maximum absolute atomic E-state index is 8.84. The first kappa shape index (κ1) is 20.1. The summed E-state index contributed by atoms with van der Waals surface area (Å²) < 4.78 is 6.00. The molecule has 0 bridgehead atoms. The molecule has 1 atom stereocenters. The van der Waals surface area contributed by atoms with Crippen LogP contribution in [0.1, 0.15) is 16.7 Å². The summed E-state index contributed by atoms with van der Waals surface area (Å²) in [6.07, 6.45) is 11.4. The lowest BCUT2D eigenvalue weighted by atomic mass is 10.1. The summed E-state index contributed by atoms with van der Waals surface area (Å²) in [5, 5.41) is 15.6. The molecule has 6 nitrogen and oxygen atoms in total. The lowest BCUT2D eigenvalue weighted by Gasteiger charge is -2.27. The number of nitriles is 1. The first-order valence-corrected chi connectivity index (χ1v) is 9.42. The van der Waals surface area contributed by atoms with Crippen molar-refractivity contribution in [2.24, 2.45) is 4.99 Å². The van der Waals surface area contributed by atoms with Crippen LogP contribution in [0.3, 0.4) is 0 Å². The molecule has 0 saturated heterocycles. The van der Waals surface area contributed by atoms with Crippen molar-refractivity contribution in [1.29, 1.82) is 5.26 Å². The largest absolute Gasteiger partial charge is 0.470 e. The second-order valence-electron chi connectivity index (χ2n) is 6.61. The summed E-state index contributed by atoms with van der Waals surface area (Å²) in [6, 6.07) is 11.8. The second kappa shape index (κ2) is 10.1. The third-order valence-electron chi connectivity index (χ3n) is 4.54. The zero-order chi connectivity index (χ0) is 20.5. The molecule has 2 heterocycles. The Morgan fingerprint density at radius 2 is 2.28 bits per heavy atom. The van der Waals surface area contributed by atoms with Crippen molar-refractivity contribution in [2.75, 3.05) is 32.0 Å². The van der Waals surface area contributed by atoms with Gasteiger partial charge in [0.15, 0.2) is 0 Å². The number of hydrogen-bond acceptors (Lipinski definition) is 6. The molecular weight excluding hydrogens is 362 g/mol. The van der Waals surface area contributed by atoms with E-state index in [4.69, 9.17) is 16.4 Å². The van der Waals surface area contributed by atoms with Crippen LogP contribution in [0.15, 0.2) is 47.6 Å². The Kier molecular flexibility index (Phi) is 7.00. The third kappa shape index (κ3) is 5.44. The second-order valence-corrected chi connectivity index (χ2v) is 6.61. The number of nitrogens with zero attached hydrogens (tertiary/aromatic N) is 3. The van der Waals surface area contributed by atoms with E-state index >= 15 is 0 Å². The number of pyridine rings is 1. The minimum absolute atomic E-state index is 0.000241. The molecule has 1 aliphatic rings. The van der Waals surface area contributed by atoms with Gasteiger partial charge in [0.05, 0.1) is 23.9 Å². The van der Waals surface area contributed by atoms with Gasteiger partial charge in [0.25, 0.3) is 0 Å². The lowest BCUT2D eigenvalue weighted by molar-refractivity contribution is 0.194. The molecule has 6 heteroatoms. The minimum atomic E-state index is -0.000241. The predicted octanol–water partition coefficient (Wildman–Crippen LogP) is 2.68. The van der Waals surface area contributed by atoms with Gasteiger partial charge >= 0.3 is 0 Å². The number of benzene rings is 1. The number of fused-ring (bicyclic) bond motifs is 1. The van der Waals surface area contributed by atoms with Crippen LogP contribution in [0.25, 0.3) is 5.57 Å². The van der Waals surface area contributed by atoms with Crippen molar-refractivity contribution in [2.45, 2.75) is 12.5 Å². The quantitative estimate of drug-likeness (QED) is 0.435. The van der Waals surface area contributed by atoms with Crippen LogP contribution < -0.4 is 15.4 Å². The number of aliphatic imine (C=N–C) groups is 1. The van der Waals surface area contributed by atoms with Gasteiger partial charge in [0, 0.05) is 37.1 Å². The highest BCUT2D eigenvalue weighted by Crippen LogP contribution is 2.29. The highest BCUT2D eigenvalue weighted by Gasteiger charge is 2.20. The topological polar surface area (TPSA) is 82.3 Å². The zero-order valence-electron chi connectivity index (χ0n) is 16.4. The molecule has 0 amide bonds. The van der Waals surface area contributed by atoms with E-state index in [0.717, 1.165) is 36.3 Å². The zero-order valence-corrected chi connectivity index (χ0v) is 16.4. The molecule has 146 valence electrons. The summed E-state index contributed by atoms with van der Waals surface area (Å²) in [4.78, 5) is 8.47. The summed E-state index contributed by atoms with van der Waals surface area (Å²) in [5.41, 5.74) is 4.46. The SMILES string of the molecule is C#C/C=C(\C=NC)c1cnc2c(c1)NC[C@@H](CNCCc1ccc(C#N)cc1)O2. The van der Waals surface area contributed by atoms with Gasteiger partial charge in [-0.1, -0.05) is 18.1 Å². The molecule has 0 fully saturated rings. The number of anilines is 1. The molecule has 1 aromatic heterocycles. The molecule has 0 radical (unpaired) electrons. The molecule has 0 aliphatic carbocycles. The van der Waals surface area contributed by atoms with Crippen LogP contribution in [-0.2, 0) is 6.42 Å². The normalized spacial score (nSPS) is 15.7. The standard InChI is InChI=1S/C23H23N5O/c1-3-4-19(13-25-2)20-11-22-23(28-14-20)29-21(16-27-22)15-26-10-9-17-5-7-18(12-24)8-6-17/h1,4-8,11,13-14,21,26-27H,9-10,15-16H2,2H3/b19-4+,25-13?/t21-/m1/s1. The van der Waals surface area contributed by atoms with E-state index < -0.39 is 0 Å². The van der Waals surface area contributed by atoms with Crippen molar-refractivity contribution in [3.05, 3.63) is 59.3 Å². The Balaban J connectivity index is 1.51. The average Bonchev–Trinajstić information content (AvgIpc) is 2.76. The molecule has 2 N–H and O–H groups in total. The highest BCUT2D eigenvalue weighted by molar-refractivity contribution is 6.10. The number of nitrogens with one attached hydrogen (secondary N) is 2. The van der Waals surface area contributed by atoms with E-state index in [-0.39, 0.29) is 6.10 Å². The molecule has 0 saturated carbocycles. The average molecular weight is 385 g/mol. The molecule has 1 aromatic carbocycles. The molecule has 3 rings (SSSR count). The first-order valence-electron chi connectivity index (χ1n) is 9.42. The van der Waals surface area contributed by atoms with Crippen molar-refractivity contribution in [3.8, 4) is 24.3 Å². The predicted molar refractivity (Wildman–Crippen MR) is 116 cm³/mol. The van der Waals surface area contributed by atoms with E-state index in [1.165, 1.54) is 5.56 Å². The fraction of sp³-hybridized carbons (Fsp3) is 0.261. The fourth-order valence-corrected chi connectivity index (χ4v) is 3.03. The first-order chi connectivity index (χ1) is 14.2. The summed E-state index contributed by atoms with van der Waals surface area (Å²) in [5.74, 6) is 3.12. The Morgan fingerprint density at radius 1 is 1.45 bits per heavy atom. The van der Waals surface area contributed by atoms with E-state index in [1.54, 1.807) is 25.5 Å². The Morgan fingerprint density at radius 3 is 3.00 bits per heavy atom. The molecule has 2 aromatic rings. The Bertz CT molecular complexity index is 980. The summed E-state index contributed by atoms with van der Waals surface area (Å²) in [7, 11) is 1.70. The van der Waals surface area contributed by atoms with Crippen LogP contribution >= 0.6 is 0 Å². The summed E-state index contributed by atoms with van der Waals surface area (Å²) >= 11 is 0. The van der Waals surface area contributed by atoms with Gasteiger partial charge in [-0.15, -0.1) is 6.42 Å². The number of hydrogen-bond donors (Lipinski definition) is 2. The third-order valence-corrected chi connectivity index (χ3v) is 4.54. The van der Waals surface area contributed by atoms with Gasteiger partial charge in [-0.2, -0.15) is 5.26 Å². The molecule has 0 unspecified atom stereocenters. The van der Waals surface area contributed by atoms with Gasteiger partial charge in [-0.3, -0.25) is 4.99 Å². The van der Waals surface area contributed by atoms with Crippen molar-refractivity contribution in [3.63, 3.8) is 0 Å². The van der Waals surface area contributed by atoms with Crippen LogP contribution in [0.4, 0.5) is 5.69 Å². The summed E-state index contributed by atoms with van der Waals surface area (Å²) in [6.45, 7) is 2.25. The molecule has 0 spiro atoms. The van der Waals surface area contributed by atoms with E-state index in [0.29, 0.717) is 18.0 Å². The molecule has 29 heavy (non-hydrogen) atoms. The Labute approximate surface area is 171 Å². The maximum Gasteiger partial charge on any atom is 0.237 e. The van der Waals surface area contributed by atoms with E-state index in [2.05, 4.69) is 32.6 Å². The molecule has 1 aliphatic heterocycles. The van der Waals surface area contributed by atoms with Crippen LogP contribution in [0.2, 0.25) is 0 Å². The minimum Gasteiger partial charge on any atom is -0.470 e. The molecular formula is C23H23N5O. The Hall–Kier alpha value is -3.61. The van der Waals surface area contributed by atoms with Crippen molar-refractivity contribution < 1.29 is 4.74 Å². The number of terminal acetylenes is 1. The van der Waals surface area contributed by atoms with Gasteiger partial charge in [0.2, 0.25) is 5.88 Å². The van der Waals surface area contributed by atoms with Crippen LogP contribution in [0, 0.1) is 23.7 Å². The van der Waals surface area contributed by atoms with Gasteiger partial charge in [-0.25, -0.2) is 4.98 Å². The highest BCUT2D eigenvalue weighted by atomic mass is 16.5. The smallest absolute Gasteiger partial charge is 0.237 e. The number of aromatic nitrogens is 1. The number of rotatable bonds is 7. The van der Waals surface area contributed by atoms with Crippen LogP contribution in [-0.4, -0.2) is 44.0 Å². The maximum atomic E-state index is 8.84. The number of allylic oxidation sites excluding steroid dienone is 2. The van der Waals surface area contributed by atoms with Crippen molar-refractivity contribution in [1.82, 2.24) is 10.3 Å². The fourth-order valence-electron chi connectivity index (χ4n) is 3.03. The van der Waals surface area contributed by atoms with Gasteiger partial charge in [-0.05, 0) is 42.8 Å². The monoisotopic (exact) mass is 385 g/mol. The van der Waals surface area contributed by atoms with Gasteiger partial charge < -0.3 is 15.4 Å². The van der Waals surface area contributed by atoms with Crippen molar-refractivity contribution >= 4 is 17.5 Å². The lowest BCUT2D eigenvalue weighted by Crippen LogP contribution is -2.40. The van der Waals surface area contributed by atoms with Gasteiger partial charge in [0.1, 0.15) is 6.10 Å². The van der Waals surface area contributed by atoms with E-state index in [9.17, 15) is 0 Å². The van der Waals surface area contributed by atoms with E-state index in [1.807, 2.05) is 30.3 Å².